The van der Waals surface area contributed by atoms with Gasteiger partial charge in [0, 0.05) is 55.3 Å². The van der Waals surface area contributed by atoms with Crippen LogP contribution in [0.3, 0.4) is 0 Å². The molecule has 0 fully saturated rings. The zero-order chi connectivity index (χ0) is 25.9. The van der Waals surface area contributed by atoms with Gasteiger partial charge < -0.3 is 35.0 Å². The standard InChI is InChI=1S/2C13H17.2C3H2O2.2ClH.2Ti/c2*1-3-7-12-10(5-1)9-11-6-2-4-8-13(11)12;2*1-2-3(4)5;;;;/h2*5H,1-4,6-9H2;2*1H,(H,4,5);2*1H;;/q2*-1;;;;;;/p-2. The van der Waals surface area contributed by atoms with Gasteiger partial charge in [-0.3, -0.25) is 0 Å². The molecule has 0 aliphatic heterocycles. The molecule has 4 nitrogen and oxygen atoms in total. The summed E-state index contributed by atoms with van der Waals surface area (Å²) in [6.07, 6.45) is 35.9. The number of halogens is 2. The molecule has 2 N–H and O–H groups in total. The van der Waals surface area contributed by atoms with Crippen LogP contribution in [0.1, 0.15) is 103 Å². The summed E-state index contributed by atoms with van der Waals surface area (Å²) in [6.45, 7) is 0. The van der Waals surface area contributed by atoms with Crippen molar-refractivity contribution in [3.8, 4) is 24.7 Å². The first-order valence-electron chi connectivity index (χ1n) is 13.4. The SMILES string of the molecule is C#CC(=O)O.C#CC(=O)O.[CH-]1CCCC2=C1CC1=C2CCCC1.[CH-]1CCCC2=C1CC1=C2CCCC1.[Cl-].[Cl-].[Ti].[Ti]. The summed E-state index contributed by atoms with van der Waals surface area (Å²) < 4.78 is 0. The van der Waals surface area contributed by atoms with E-state index >= 15 is 0 Å². The van der Waals surface area contributed by atoms with E-state index in [0.29, 0.717) is 0 Å². The van der Waals surface area contributed by atoms with Crippen molar-refractivity contribution in [2.75, 3.05) is 0 Å². The van der Waals surface area contributed by atoms with Gasteiger partial charge in [0.2, 0.25) is 0 Å². The summed E-state index contributed by atoms with van der Waals surface area (Å²) in [4.78, 5) is 18.3. The molecule has 0 amide bonds. The van der Waals surface area contributed by atoms with Crippen LogP contribution in [0.15, 0.2) is 44.6 Å². The van der Waals surface area contributed by atoms with Crippen molar-refractivity contribution < 1.29 is 88.1 Å². The summed E-state index contributed by atoms with van der Waals surface area (Å²) in [7, 11) is 0. The Hall–Kier alpha value is -1.23. The quantitative estimate of drug-likeness (QED) is 0.235. The molecule has 40 heavy (non-hydrogen) atoms. The Morgan fingerprint density at radius 2 is 0.875 bits per heavy atom. The number of carbonyl (C=O) groups is 2. The molecule has 0 spiro atoms. The molecule has 0 saturated carbocycles. The van der Waals surface area contributed by atoms with Crippen molar-refractivity contribution in [3.63, 3.8) is 0 Å². The van der Waals surface area contributed by atoms with Crippen LogP contribution < -0.4 is 24.8 Å². The summed E-state index contributed by atoms with van der Waals surface area (Å²) >= 11 is 0. The van der Waals surface area contributed by atoms with Gasteiger partial charge in [0.05, 0.1) is 0 Å². The number of hydrogen-bond donors (Lipinski definition) is 2. The first-order chi connectivity index (χ1) is 17.4. The Bertz CT molecular complexity index is 941. The molecule has 0 aromatic rings. The second-order valence-electron chi connectivity index (χ2n) is 10.0. The molecule has 0 bridgehead atoms. The van der Waals surface area contributed by atoms with E-state index < -0.39 is 11.9 Å². The molecular weight excluding hydrogens is 615 g/mol. The fourth-order valence-electron chi connectivity index (χ4n) is 6.24. The number of carboxylic acid groups (broad SMARTS) is 2. The van der Waals surface area contributed by atoms with Gasteiger partial charge in [0.25, 0.3) is 0 Å². The van der Waals surface area contributed by atoms with Gasteiger partial charge >= 0.3 is 11.9 Å². The van der Waals surface area contributed by atoms with Gasteiger partial charge in [0.1, 0.15) is 0 Å². The van der Waals surface area contributed by atoms with Gasteiger partial charge in [-0.1, -0.05) is 49.7 Å². The molecule has 8 heteroatoms. The van der Waals surface area contributed by atoms with Crippen LogP contribution in [-0.2, 0) is 53.0 Å². The molecule has 0 saturated heterocycles. The van der Waals surface area contributed by atoms with Crippen LogP contribution in [0.2, 0.25) is 0 Å². The Kier molecular flexibility index (Phi) is 22.0. The van der Waals surface area contributed by atoms with Gasteiger partial charge in [-0.2, -0.15) is 11.1 Å². The van der Waals surface area contributed by atoms with E-state index in [1.165, 1.54) is 115 Å². The van der Waals surface area contributed by atoms with E-state index in [1.54, 1.807) is 44.6 Å². The molecule has 0 heterocycles. The Balaban J connectivity index is 0. The average Bonchev–Trinajstić information content (AvgIpc) is 3.48. The third-order valence-corrected chi connectivity index (χ3v) is 7.77. The van der Waals surface area contributed by atoms with E-state index in [1.807, 2.05) is 0 Å². The fraction of sp³-hybridized carbons (Fsp3) is 0.500. The molecule has 6 rings (SSSR count). The van der Waals surface area contributed by atoms with E-state index in [9.17, 15) is 0 Å². The van der Waals surface area contributed by atoms with Crippen LogP contribution in [-0.4, -0.2) is 22.2 Å². The van der Waals surface area contributed by atoms with Crippen LogP contribution in [0.4, 0.5) is 0 Å². The van der Waals surface area contributed by atoms with Gasteiger partial charge in [-0.05, 0) is 51.4 Å². The maximum absolute atomic E-state index is 9.13. The van der Waals surface area contributed by atoms with Gasteiger partial charge in [-0.25, -0.2) is 33.6 Å². The smallest absolute Gasteiger partial charge is 0.381 e. The Labute approximate surface area is 283 Å². The maximum Gasteiger partial charge on any atom is 0.381 e. The van der Waals surface area contributed by atoms with Crippen LogP contribution in [0, 0.1) is 37.5 Å². The topological polar surface area (TPSA) is 74.6 Å². The average molecular weight is 653 g/mol. The molecule has 216 valence electrons. The van der Waals surface area contributed by atoms with E-state index in [-0.39, 0.29) is 68.2 Å². The maximum atomic E-state index is 9.13. The van der Waals surface area contributed by atoms with Gasteiger partial charge in [-0.15, -0.1) is 36.8 Å². The normalized spacial score (nSPS) is 18.9. The van der Waals surface area contributed by atoms with Crippen LogP contribution >= 0.6 is 0 Å². The van der Waals surface area contributed by atoms with E-state index in [0.717, 1.165) is 0 Å². The number of allylic oxidation sites excluding steroid dienone is 8. The minimum absolute atomic E-state index is 0. The number of rotatable bonds is 0. The monoisotopic (exact) mass is 652 g/mol. The zero-order valence-corrected chi connectivity index (χ0v) is 27.7. The van der Waals surface area contributed by atoms with Crippen molar-refractivity contribution in [1.82, 2.24) is 0 Å². The third-order valence-electron chi connectivity index (χ3n) is 7.77. The summed E-state index contributed by atoms with van der Waals surface area (Å²) in [6, 6.07) is 0. The predicted octanol–water partition coefficient (Wildman–Crippen LogP) is 1.30. The fourth-order valence-corrected chi connectivity index (χ4v) is 6.24. The first-order valence-corrected chi connectivity index (χ1v) is 13.4. The zero-order valence-electron chi connectivity index (χ0n) is 23.1. The van der Waals surface area contributed by atoms with E-state index in [4.69, 9.17) is 19.8 Å². The minimum Gasteiger partial charge on any atom is -1.00 e. The van der Waals surface area contributed by atoms with Crippen LogP contribution in [0.25, 0.3) is 0 Å². The van der Waals surface area contributed by atoms with Crippen LogP contribution in [0.5, 0.6) is 0 Å². The second kappa shape index (κ2) is 21.5. The second-order valence-corrected chi connectivity index (χ2v) is 10.0. The molecule has 0 radical (unpaired) electrons. The number of terminal acetylenes is 2. The number of carboxylic acids is 2. The summed E-state index contributed by atoms with van der Waals surface area (Å²) in [5.41, 5.74) is 14.1. The molecule has 6 aliphatic carbocycles. The number of hydrogen-bond acceptors (Lipinski definition) is 2. The van der Waals surface area contributed by atoms with Crippen molar-refractivity contribution in [1.29, 1.82) is 0 Å². The minimum atomic E-state index is -1.22. The predicted molar refractivity (Wildman–Crippen MR) is 144 cm³/mol. The number of aliphatic carboxylic acids is 2. The molecule has 0 unspecified atom stereocenters. The van der Waals surface area contributed by atoms with E-state index in [2.05, 4.69) is 25.7 Å². The summed E-state index contributed by atoms with van der Waals surface area (Å²) in [5.74, 6) is 0.454. The van der Waals surface area contributed by atoms with Crippen molar-refractivity contribution in [2.24, 2.45) is 0 Å². The molecular formula is C32H38Cl2O4Ti2-4. The Morgan fingerprint density at radius 3 is 1.20 bits per heavy atom. The van der Waals surface area contributed by atoms with Gasteiger partial charge in [0.15, 0.2) is 0 Å². The third kappa shape index (κ3) is 11.9. The molecule has 0 aromatic heterocycles. The largest absolute Gasteiger partial charge is 1.00 e. The Morgan fingerprint density at radius 1 is 0.575 bits per heavy atom. The molecule has 6 aliphatic rings. The first kappa shape index (κ1) is 40.9. The van der Waals surface area contributed by atoms with Crippen molar-refractivity contribution >= 4 is 11.9 Å². The molecule has 0 aromatic carbocycles. The number of fused-ring (bicyclic) bond motifs is 2. The van der Waals surface area contributed by atoms with Crippen molar-refractivity contribution in [3.05, 3.63) is 57.4 Å². The van der Waals surface area contributed by atoms with Crippen molar-refractivity contribution in [2.45, 2.75) is 103 Å². The summed E-state index contributed by atoms with van der Waals surface area (Å²) in [5, 5.41) is 15.0. The molecule has 0 atom stereocenters.